The van der Waals surface area contributed by atoms with Crippen LogP contribution in [0.5, 0.6) is 11.5 Å². The zero-order valence-electron chi connectivity index (χ0n) is 13.7. The predicted octanol–water partition coefficient (Wildman–Crippen LogP) is 3.91. The van der Waals surface area contributed by atoms with Gasteiger partial charge in [0.2, 0.25) is 5.43 Å². The zero-order valence-corrected chi connectivity index (χ0v) is 14.4. The topological polar surface area (TPSA) is 65.7 Å². The van der Waals surface area contributed by atoms with Crippen molar-refractivity contribution < 1.29 is 18.7 Å². The fourth-order valence-electron chi connectivity index (χ4n) is 2.48. The molecular formula is C19H15ClO5. The molecule has 1 heterocycles. The summed E-state index contributed by atoms with van der Waals surface area (Å²) in [5.74, 6) is 0.650. The highest BCUT2D eigenvalue weighted by Gasteiger charge is 2.14. The number of rotatable bonds is 4. The molecule has 6 heteroatoms. The summed E-state index contributed by atoms with van der Waals surface area (Å²) in [5.41, 5.74) is 1.41. The Kier molecular flexibility index (Phi) is 4.76. The van der Waals surface area contributed by atoms with E-state index in [1.54, 1.807) is 44.4 Å². The van der Waals surface area contributed by atoms with Crippen LogP contribution in [0, 0.1) is 6.92 Å². The molecule has 3 aromatic rings. The van der Waals surface area contributed by atoms with Crippen LogP contribution in [0.25, 0.3) is 11.0 Å². The quantitative estimate of drug-likeness (QED) is 0.522. The van der Waals surface area contributed by atoms with Crippen LogP contribution in [-0.2, 0) is 11.2 Å². The van der Waals surface area contributed by atoms with E-state index in [2.05, 4.69) is 0 Å². The van der Waals surface area contributed by atoms with Gasteiger partial charge in [0.1, 0.15) is 28.4 Å². The minimum atomic E-state index is -0.413. The van der Waals surface area contributed by atoms with Gasteiger partial charge in [-0.15, -0.1) is 0 Å². The van der Waals surface area contributed by atoms with E-state index < -0.39 is 5.97 Å². The average Bonchev–Trinajstić information content (AvgIpc) is 2.61. The Bertz CT molecular complexity index is 989. The van der Waals surface area contributed by atoms with Crippen molar-refractivity contribution in [1.82, 2.24) is 0 Å². The number of methoxy groups -OCH3 is 1. The Morgan fingerprint density at radius 2 is 1.88 bits per heavy atom. The van der Waals surface area contributed by atoms with Crippen LogP contribution in [0.15, 0.2) is 51.9 Å². The third-order valence-electron chi connectivity index (χ3n) is 3.83. The van der Waals surface area contributed by atoms with Crippen LogP contribution in [0.4, 0.5) is 0 Å². The number of halogens is 1. The van der Waals surface area contributed by atoms with Crippen molar-refractivity contribution in [3.8, 4) is 11.5 Å². The fourth-order valence-corrected chi connectivity index (χ4v) is 2.62. The second kappa shape index (κ2) is 6.99. The summed E-state index contributed by atoms with van der Waals surface area (Å²) in [4.78, 5) is 24.2. The minimum Gasteiger partial charge on any atom is -0.497 e. The molecule has 0 amide bonds. The standard InChI is InChI=1S/C19H15ClO5/c1-11-16(8-7-14-18(22)15(20)10-24-19(11)14)25-17(21)9-12-3-5-13(23-2)6-4-12/h3-8,10H,9H2,1-2H3. The largest absolute Gasteiger partial charge is 0.497 e. The average molecular weight is 359 g/mol. The van der Waals surface area contributed by atoms with Crippen molar-refractivity contribution in [2.24, 2.45) is 0 Å². The molecule has 128 valence electrons. The van der Waals surface area contributed by atoms with E-state index in [1.807, 2.05) is 0 Å². The molecule has 0 saturated heterocycles. The molecule has 1 aromatic heterocycles. The normalized spacial score (nSPS) is 10.7. The number of carbonyl (C=O) groups is 1. The first-order valence-corrected chi connectivity index (χ1v) is 7.91. The van der Waals surface area contributed by atoms with Crippen molar-refractivity contribution in [1.29, 1.82) is 0 Å². The molecule has 0 fully saturated rings. The molecule has 25 heavy (non-hydrogen) atoms. The summed E-state index contributed by atoms with van der Waals surface area (Å²) in [7, 11) is 1.58. The van der Waals surface area contributed by atoms with Gasteiger partial charge in [-0.2, -0.15) is 0 Å². The van der Waals surface area contributed by atoms with Crippen LogP contribution < -0.4 is 14.9 Å². The lowest BCUT2D eigenvalue weighted by atomic mass is 10.1. The maximum atomic E-state index is 12.2. The molecule has 0 N–H and O–H groups in total. The van der Waals surface area contributed by atoms with Gasteiger partial charge in [-0.25, -0.2) is 0 Å². The second-order valence-corrected chi connectivity index (χ2v) is 5.88. The number of hydrogen-bond acceptors (Lipinski definition) is 5. The van der Waals surface area contributed by atoms with Gasteiger partial charge in [-0.1, -0.05) is 23.7 Å². The van der Waals surface area contributed by atoms with Crippen LogP contribution in [-0.4, -0.2) is 13.1 Å². The van der Waals surface area contributed by atoms with Crippen LogP contribution in [0.2, 0.25) is 5.02 Å². The number of aryl methyl sites for hydroxylation is 1. The van der Waals surface area contributed by atoms with E-state index in [4.69, 9.17) is 25.5 Å². The van der Waals surface area contributed by atoms with Gasteiger partial charge in [0.25, 0.3) is 0 Å². The lowest BCUT2D eigenvalue weighted by Gasteiger charge is -2.09. The fraction of sp³-hybridized carbons (Fsp3) is 0.158. The number of benzene rings is 2. The van der Waals surface area contributed by atoms with E-state index in [0.717, 1.165) is 11.3 Å². The lowest BCUT2D eigenvalue weighted by molar-refractivity contribution is -0.133. The Morgan fingerprint density at radius 1 is 1.16 bits per heavy atom. The SMILES string of the molecule is COc1ccc(CC(=O)Oc2ccc3c(=O)c(Cl)coc3c2C)cc1. The molecule has 0 radical (unpaired) electrons. The summed E-state index contributed by atoms with van der Waals surface area (Å²) in [5, 5.41) is 0.358. The summed E-state index contributed by atoms with van der Waals surface area (Å²) in [6.07, 6.45) is 1.30. The van der Waals surface area contributed by atoms with E-state index >= 15 is 0 Å². The molecule has 0 unspecified atom stereocenters. The molecule has 0 aliphatic heterocycles. The summed E-state index contributed by atoms with van der Waals surface area (Å²) < 4.78 is 15.9. The number of hydrogen-bond donors (Lipinski definition) is 0. The molecule has 0 saturated carbocycles. The molecule has 0 bridgehead atoms. The van der Waals surface area contributed by atoms with E-state index in [-0.39, 0.29) is 16.9 Å². The minimum absolute atomic E-state index is 0.0103. The molecule has 2 aromatic carbocycles. The van der Waals surface area contributed by atoms with E-state index in [9.17, 15) is 9.59 Å². The monoisotopic (exact) mass is 358 g/mol. The van der Waals surface area contributed by atoms with Gasteiger partial charge in [0.15, 0.2) is 0 Å². The molecule has 5 nitrogen and oxygen atoms in total. The second-order valence-electron chi connectivity index (χ2n) is 5.48. The first kappa shape index (κ1) is 17.0. The zero-order chi connectivity index (χ0) is 18.0. The Labute approximate surface area is 148 Å². The highest BCUT2D eigenvalue weighted by atomic mass is 35.5. The Balaban J connectivity index is 1.82. The maximum absolute atomic E-state index is 12.2. The number of esters is 1. The maximum Gasteiger partial charge on any atom is 0.315 e. The third kappa shape index (κ3) is 3.51. The Morgan fingerprint density at radius 3 is 2.56 bits per heavy atom. The van der Waals surface area contributed by atoms with Crippen molar-refractivity contribution in [2.45, 2.75) is 13.3 Å². The lowest BCUT2D eigenvalue weighted by Crippen LogP contribution is -2.12. The molecule has 0 atom stereocenters. The van der Waals surface area contributed by atoms with Crippen LogP contribution in [0.3, 0.4) is 0 Å². The molecule has 0 aliphatic rings. The molecule has 0 aliphatic carbocycles. The summed E-state index contributed by atoms with van der Waals surface area (Å²) >= 11 is 5.78. The van der Waals surface area contributed by atoms with Crippen LogP contribution in [0.1, 0.15) is 11.1 Å². The van der Waals surface area contributed by atoms with Crippen molar-refractivity contribution in [3.05, 3.63) is 69.0 Å². The summed E-state index contributed by atoms with van der Waals surface area (Å²) in [6, 6.07) is 10.3. The van der Waals surface area contributed by atoms with E-state index in [0.29, 0.717) is 22.3 Å². The van der Waals surface area contributed by atoms with Gasteiger partial charge in [0.05, 0.1) is 18.9 Å². The van der Waals surface area contributed by atoms with Gasteiger partial charge >= 0.3 is 5.97 Å². The van der Waals surface area contributed by atoms with Crippen molar-refractivity contribution >= 4 is 28.5 Å². The van der Waals surface area contributed by atoms with Gasteiger partial charge in [0, 0.05) is 5.56 Å². The first-order chi connectivity index (χ1) is 12.0. The smallest absolute Gasteiger partial charge is 0.315 e. The van der Waals surface area contributed by atoms with Crippen LogP contribution >= 0.6 is 11.6 Å². The van der Waals surface area contributed by atoms with Gasteiger partial charge in [-0.3, -0.25) is 9.59 Å². The third-order valence-corrected chi connectivity index (χ3v) is 4.09. The highest BCUT2D eigenvalue weighted by molar-refractivity contribution is 6.30. The number of ether oxygens (including phenoxy) is 2. The predicted molar refractivity (Wildman–Crippen MR) is 94.6 cm³/mol. The van der Waals surface area contributed by atoms with E-state index in [1.165, 1.54) is 12.3 Å². The highest BCUT2D eigenvalue weighted by Crippen LogP contribution is 2.27. The van der Waals surface area contributed by atoms with Crippen molar-refractivity contribution in [2.75, 3.05) is 7.11 Å². The molecule has 3 rings (SSSR count). The van der Waals surface area contributed by atoms with Gasteiger partial charge in [-0.05, 0) is 36.8 Å². The van der Waals surface area contributed by atoms with Gasteiger partial charge < -0.3 is 13.9 Å². The molecular weight excluding hydrogens is 344 g/mol. The Hall–Kier alpha value is -2.79. The first-order valence-electron chi connectivity index (χ1n) is 7.54. The number of carbonyl (C=O) groups excluding carboxylic acids is 1. The summed E-state index contributed by atoms with van der Waals surface area (Å²) in [6.45, 7) is 1.72. The van der Waals surface area contributed by atoms with Crippen molar-refractivity contribution in [3.63, 3.8) is 0 Å². The number of fused-ring (bicyclic) bond motifs is 1. The molecule has 0 spiro atoms.